The maximum absolute atomic E-state index is 12.3. The zero-order valence-electron chi connectivity index (χ0n) is 8.88. The Morgan fingerprint density at radius 1 is 1.59 bits per heavy atom. The van der Waals surface area contributed by atoms with Gasteiger partial charge in [0, 0.05) is 12.6 Å². The van der Waals surface area contributed by atoms with Gasteiger partial charge in [-0.25, -0.2) is 4.98 Å². The fourth-order valence-corrected chi connectivity index (χ4v) is 2.52. The molecule has 0 bridgehead atoms. The summed E-state index contributed by atoms with van der Waals surface area (Å²) < 4.78 is 36.9. The van der Waals surface area contributed by atoms with Gasteiger partial charge >= 0.3 is 6.18 Å². The van der Waals surface area contributed by atoms with E-state index >= 15 is 0 Å². The van der Waals surface area contributed by atoms with Crippen LogP contribution in [0.2, 0.25) is 0 Å². The number of hydrogen-bond acceptors (Lipinski definition) is 4. The number of Topliss-reactive ketones (excluding diaryl/α,β-unsaturated/α-hetero) is 1. The molecule has 3 nitrogen and oxygen atoms in total. The van der Waals surface area contributed by atoms with Gasteiger partial charge in [0.25, 0.3) is 0 Å². The first-order chi connectivity index (χ1) is 7.97. The zero-order chi connectivity index (χ0) is 12.5. The lowest BCUT2D eigenvalue weighted by atomic mass is 10.0. The first-order valence-electron chi connectivity index (χ1n) is 5.24. The quantitative estimate of drug-likeness (QED) is 0.852. The van der Waals surface area contributed by atoms with Gasteiger partial charge in [0.2, 0.25) is 0 Å². The van der Waals surface area contributed by atoms with E-state index in [4.69, 9.17) is 0 Å². The number of hydrogen-bond donors (Lipinski definition) is 1. The monoisotopic (exact) mass is 264 g/mol. The van der Waals surface area contributed by atoms with Crippen LogP contribution in [0.5, 0.6) is 0 Å². The van der Waals surface area contributed by atoms with E-state index in [1.54, 1.807) is 0 Å². The van der Waals surface area contributed by atoms with Crippen molar-refractivity contribution in [2.75, 3.05) is 13.1 Å². The molecular weight excluding hydrogens is 253 g/mol. The molecule has 0 aromatic carbocycles. The van der Waals surface area contributed by atoms with Gasteiger partial charge in [0.1, 0.15) is 0 Å². The summed E-state index contributed by atoms with van der Waals surface area (Å²) in [5.74, 6) is -0.00867. The molecule has 94 valence electrons. The van der Waals surface area contributed by atoms with Gasteiger partial charge in [-0.15, -0.1) is 11.3 Å². The molecule has 1 unspecified atom stereocenters. The van der Waals surface area contributed by atoms with Crippen LogP contribution in [-0.4, -0.2) is 23.9 Å². The summed E-state index contributed by atoms with van der Waals surface area (Å²) in [6, 6.07) is 0. The van der Waals surface area contributed by atoms with E-state index in [1.807, 2.05) is 0 Å². The highest BCUT2D eigenvalue weighted by atomic mass is 32.1. The number of nitrogens with zero attached hydrogens (tertiary/aromatic N) is 1. The second kappa shape index (κ2) is 4.73. The minimum atomic E-state index is -4.46. The van der Waals surface area contributed by atoms with Crippen molar-refractivity contribution in [3.05, 3.63) is 16.1 Å². The third-order valence-electron chi connectivity index (χ3n) is 2.66. The smallest absolute Gasteiger partial charge is 0.316 e. The summed E-state index contributed by atoms with van der Waals surface area (Å²) in [4.78, 5) is 15.1. The summed E-state index contributed by atoms with van der Waals surface area (Å²) in [5, 5.41) is 2.16. The van der Waals surface area contributed by atoms with Crippen molar-refractivity contribution in [2.45, 2.75) is 19.0 Å². The number of carbonyl (C=O) groups is 1. The molecular formula is C10H11F3N2OS. The van der Waals surface area contributed by atoms with Crippen LogP contribution < -0.4 is 5.32 Å². The second-order valence-electron chi connectivity index (χ2n) is 4.01. The van der Waals surface area contributed by atoms with E-state index in [2.05, 4.69) is 10.3 Å². The molecule has 1 saturated heterocycles. The van der Waals surface area contributed by atoms with Crippen LogP contribution in [0.15, 0.2) is 6.20 Å². The molecule has 1 fully saturated rings. The molecule has 1 atom stereocenters. The van der Waals surface area contributed by atoms with Crippen molar-refractivity contribution in [3.63, 3.8) is 0 Å². The number of ketones is 1. The standard InChI is InChI=1S/C10H11F3N2OS/c11-10(12,13)9-15-5-8(17-9)7(16)3-6-1-2-14-4-6/h5-6,14H,1-4H2. The van der Waals surface area contributed by atoms with Crippen molar-refractivity contribution >= 4 is 17.1 Å². The largest absolute Gasteiger partial charge is 0.443 e. The van der Waals surface area contributed by atoms with Crippen LogP contribution in [0.1, 0.15) is 27.5 Å². The van der Waals surface area contributed by atoms with E-state index in [9.17, 15) is 18.0 Å². The molecule has 1 aromatic rings. The molecule has 17 heavy (non-hydrogen) atoms. The molecule has 0 saturated carbocycles. The van der Waals surface area contributed by atoms with Crippen LogP contribution in [0.4, 0.5) is 13.2 Å². The van der Waals surface area contributed by atoms with Crippen LogP contribution in [-0.2, 0) is 6.18 Å². The van der Waals surface area contributed by atoms with E-state index < -0.39 is 11.2 Å². The maximum Gasteiger partial charge on any atom is 0.443 e. The number of halogens is 3. The first kappa shape index (κ1) is 12.5. The average molecular weight is 264 g/mol. The van der Waals surface area contributed by atoms with Gasteiger partial charge in [-0.1, -0.05) is 0 Å². The number of alkyl halides is 3. The van der Waals surface area contributed by atoms with E-state index in [-0.39, 0.29) is 16.6 Å². The maximum atomic E-state index is 12.3. The fourth-order valence-electron chi connectivity index (χ4n) is 1.79. The highest BCUT2D eigenvalue weighted by Crippen LogP contribution is 2.33. The van der Waals surface area contributed by atoms with Crippen LogP contribution in [0, 0.1) is 5.92 Å². The predicted octanol–water partition coefficient (Wildman–Crippen LogP) is 2.34. The number of rotatable bonds is 3. The normalized spacial score (nSPS) is 20.8. The Bertz CT molecular complexity index is 410. The van der Waals surface area contributed by atoms with Gasteiger partial charge in [0.15, 0.2) is 10.8 Å². The lowest BCUT2D eigenvalue weighted by Gasteiger charge is -2.04. The third kappa shape index (κ3) is 3.04. The second-order valence-corrected chi connectivity index (χ2v) is 5.04. The lowest BCUT2D eigenvalue weighted by Crippen LogP contribution is -2.12. The zero-order valence-corrected chi connectivity index (χ0v) is 9.70. The highest BCUT2D eigenvalue weighted by molar-refractivity contribution is 7.13. The summed E-state index contributed by atoms with van der Waals surface area (Å²) in [5.41, 5.74) is 0. The van der Waals surface area contributed by atoms with Gasteiger partial charge in [0.05, 0.1) is 4.88 Å². The highest BCUT2D eigenvalue weighted by Gasteiger charge is 2.35. The summed E-state index contributed by atoms with van der Waals surface area (Å²) in [6.07, 6.45) is -2.24. The van der Waals surface area contributed by atoms with Crippen LogP contribution in [0.3, 0.4) is 0 Å². The van der Waals surface area contributed by atoms with Crippen molar-refractivity contribution in [3.8, 4) is 0 Å². The fraction of sp³-hybridized carbons (Fsp3) is 0.600. The minimum absolute atomic E-state index is 0.101. The average Bonchev–Trinajstić information content (AvgIpc) is 2.85. The number of aromatic nitrogens is 1. The van der Waals surface area contributed by atoms with E-state index in [0.29, 0.717) is 17.8 Å². The topological polar surface area (TPSA) is 42.0 Å². The molecule has 0 amide bonds. The molecule has 7 heteroatoms. The Balaban J connectivity index is 2.01. The van der Waals surface area contributed by atoms with Gasteiger partial charge < -0.3 is 5.32 Å². The molecule has 1 aliphatic rings. The van der Waals surface area contributed by atoms with E-state index in [0.717, 1.165) is 25.7 Å². The molecule has 0 aliphatic carbocycles. The first-order valence-corrected chi connectivity index (χ1v) is 6.05. The Hall–Kier alpha value is -0.950. The Morgan fingerprint density at radius 2 is 2.35 bits per heavy atom. The van der Waals surface area contributed by atoms with Crippen molar-refractivity contribution in [1.29, 1.82) is 0 Å². The molecule has 2 rings (SSSR count). The van der Waals surface area contributed by atoms with E-state index in [1.165, 1.54) is 0 Å². The van der Waals surface area contributed by atoms with Gasteiger partial charge in [-0.3, -0.25) is 4.79 Å². The van der Waals surface area contributed by atoms with Gasteiger partial charge in [-0.2, -0.15) is 13.2 Å². The van der Waals surface area contributed by atoms with Crippen molar-refractivity contribution in [2.24, 2.45) is 5.92 Å². The summed E-state index contributed by atoms with van der Waals surface area (Å²) in [6.45, 7) is 1.63. The van der Waals surface area contributed by atoms with Crippen molar-refractivity contribution < 1.29 is 18.0 Å². The van der Waals surface area contributed by atoms with Crippen molar-refractivity contribution in [1.82, 2.24) is 10.3 Å². The number of carbonyl (C=O) groups excluding carboxylic acids is 1. The Kier molecular flexibility index (Phi) is 3.48. The van der Waals surface area contributed by atoms with Crippen LogP contribution in [0.25, 0.3) is 0 Å². The Morgan fingerprint density at radius 3 is 2.88 bits per heavy atom. The molecule has 2 heterocycles. The predicted molar refractivity (Wildman–Crippen MR) is 57.0 cm³/mol. The van der Waals surface area contributed by atoms with Crippen LogP contribution >= 0.6 is 11.3 Å². The molecule has 1 aromatic heterocycles. The number of nitrogens with one attached hydrogen (secondary N) is 1. The Labute approximate surface area is 100 Å². The lowest BCUT2D eigenvalue weighted by molar-refractivity contribution is -0.137. The third-order valence-corrected chi connectivity index (χ3v) is 3.74. The molecule has 0 spiro atoms. The molecule has 1 N–H and O–H groups in total. The minimum Gasteiger partial charge on any atom is -0.316 e. The molecule has 0 radical (unpaired) electrons. The van der Waals surface area contributed by atoms with Gasteiger partial charge in [-0.05, 0) is 25.4 Å². The summed E-state index contributed by atoms with van der Waals surface area (Å²) in [7, 11) is 0. The SMILES string of the molecule is O=C(CC1CCNC1)c1cnc(C(F)(F)F)s1. The summed E-state index contributed by atoms with van der Waals surface area (Å²) >= 11 is 0.425. The number of thiazole rings is 1. The molecule has 1 aliphatic heterocycles.